The molecule has 15 heavy (non-hydrogen) atoms. The van der Waals surface area contributed by atoms with Crippen molar-refractivity contribution in [3.05, 3.63) is 0 Å². The van der Waals surface area contributed by atoms with E-state index in [-0.39, 0.29) is 24.0 Å². The van der Waals surface area contributed by atoms with Crippen LogP contribution in [0.1, 0.15) is 27.2 Å². The summed E-state index contributed by atoms with van der Waals surface area (Å²) < 4.78 is 0. The lowest BCUT2D eigenvalue weighted by Gasteiger charge is -2.37. The number of carbonyl (C=O) groups excluding carboxylic acids is 1. The molecule has 1 rings (SSSR count). The predicted octanol–water partition coefficient (Wildman–Crippen LogP) is 0.214. The Morgan fingerprint density at radius 2 is 2.33 bits per heavy atom. The molecule has 3 unspecified atom stereocenters. The predicted molar refractivity (Wildman–Crippen MR) is 59.5 cm³/mol. The van der Waals surface area contributed by atoms with Crippen LogP contribution in [0.3, 0.4) is 0 Å². The molecule has 3 atom stereocenters. The lowest BCUT2D eigenvalue weighted by atomic mass is 9.95. The molecule has 0 aromatic carbocycles. The summed E-state index contributed by atoms with van der Waals surface area (Å²) in [5, 5.41) is 12.4. The quantitative estimate of drug-likeness (QED) is 0.706. The molecule has 0 aliphatic carbocycles. The molecule has 1 saturated heterocycles. The van der Waals surface area contributed by atoms with Crippen LogP contribution in [0.2, 0.25) is 0 Å². The molecule has 0 saturated carbocycles. The fourth-order valence-corrected chi connectivity index (χ4v) is 2.00. The largest absolute Gasteiger partial charge is 0.393 e. The zero-order valence-electron chi connectivity index (χ0n) is 9.86. The highest BCUT2D eigenvalue weighted by Crippen LogP contribution is 2.18. The minimum atomic E-state index is -0.206. The number of piperidine rings is 1. The topological polar surface area (TPSA) is 52.6 Å². The number of hydrogen-bond donors (Lipinski definition) is 2. The molecule has 0 spiro atoms. The third kappa shape index (κ3) is 3.18. The van der Waals surface area contributed by atoms with Gasteiger partial charge in [-0.3, -0.25) is 9.69 Å². The molecular formula is C11H22N2O2. The van der Waals surface area contributed by atoms with Gasteiger partial charge in [0, 0.05) is 19.6 Å². The van der Waals surface area contributed by atoms with Gasteiger partial charge < -0.3 is 10.4 Å². The highest BCUT2D eigenvalue weighted by molar-refractivity contribution is 5.81. The van der Waals surface area contributed by atoms with Gasteiger partial charge in [0.1, 0.15) is 0 Å². The molecule has 2 N–H and O–H groups in total. The third-order valence-corrected chi connectivity index (χ3v) is 3.17. The van der Waals surface area contributed by atoms with Crippen LogP contribution in [0.5, 0.6) is 0 Å². The molecule has 1 heterocycles. The Labute approximate surface area is 91.6 Å². The van der Waals surface area contributed by atoms with Gasteiger partial charge in [0.15, 0.2) is 0 Å². The van der Waals surface area contributed by atoms with Crippen LogP contribution in [-0.4, -0.2) is 47.7 Å². The molecule has 0 bridgehead atoms. The number of amides is 1. The summed E-state index contributed by atoms with van der Waals surface area (Å²) in [5.74, 6) is 0.344. The van der Waals surface area contributed by atoms with E-state index in [0.29, 0.717) is 6.54 Å². The van der Waals surface area contributed by atoms with Crippen molar-refractivity contribution in [3.8, 4) is 0 Å². The van der Waals surface area contributed by atoms with Gasteiger partial charge in [-0.25, -0.2) is 0 Å². The molecule has 1 fully saturated rings. The Bertz CT molecular complexity index is 221. The number of likely N-dealkylation sites (tertiary alicyclic amines) is 1. The van der Waals surface area contributed by atoms with Crippen molar-refractivity contribution in [2.75, 3.05) is 19.6 Å². The Balaban J connectivity index is 2.46. The molecular weight excluding hydrogens is 192 g/mol. The maximum absolute atomic E-state index is 11.6. The smallest absolute Gasteiger partial charge is 0.237 e. The summed E-state index contributed by atoms with van der Waals surface area (Å²) in [6.45, 7) is 8.17. The van der Waals surface area contributed by atoms with Crippen LogP contribution >= 0.6 is 0 Å². The van der Waals surface area contributed by atoms with Crippen LogP contribution < -0.4 is 5.32 Å². The van der Waals surface area contributed by atoms with Crippen molar-refractivity contribution in [3.63, 3.8) is 0 Å². The molecule has 1 aliphatic heterocycles. The van der Waals surface area contributed by atoms with Crippen molar-refractivity contribution in [2.24, 2.45) is 5.92 Å². The monoisotopic (exact) mass is 214 g/mol. The first-order valence-corrected chi connectivity index (χ1v) is 5.76. The fourth-order valence-electron chi connectivity index (χ4n) is 2.00. The van der Waals surface area contributed by atoms with E-state index >= 15 is 0 Å². The van der Waals surface area contributed by atoms with Crippen LogP contribution in [0.4, 0.5) is 0 Å². The average Bonchev–Trinajstić information content (AvgIpc) is 2.21. The first-order valence-electron chi connectivity index (χ1n) is 5.76. The maximum Gasteiger partial charge on any atom is 0.237 e. The van der Waals surface area contributed by atoms with E-state index in [9.17, 15) is 9.90 Å². The summed E-state index contributed by atoms with van der Waals surface area (Å²) in [7, 11) is 0. The Morgan fingerprint density at radius 1 is 1.67 bits per heavy atom. The minimum absolute atomic E-state index is 0.0834. The van der Waals surface area contributed by atoms with Gasteiger partial charge in [-0.1, -0.05) is 6.92 Å². The zero-order chi connectivity index (χ0) is 11.4. The first-order chi connectivity index (χ1) is 7.06. The third-order valence-electron chi connectivity index (χ3n) is 3.17. The first kappa shape index (κ1) is 12.5. The Morgan fingerprint density at radius 3 is 2.87 bits per heavy atom. The van der Waals surface area contributed by atoms with E-state index < -0.39 is 0 Å². The van der Waals surface area contributed by atoms with Crippen molar-refractivity contribution >= 4 is 5.91 Å². The van der Waals surface area contributed by atoms with Crippen LogP contribution in [0.15, 0.2) is 0 Å². The Kier molecular flexibility index (Phi) is 4.54. The van der Waals surface area contributed by atoms with Crippen LogP contribution in [0.25, 0.3) is 0 Å². The van der Waals surface area contributed by atoms with E-state index in [1.54, 1.807) is 0 Å². The van der Waals surface area contributed by atoms with E-state index in [4.69, 9.17) is 0 Å². The lowest BCUT2D eigenvalue weighted by Crippen LogP contribution is -2.51. The number of nitrogens with zero attached hydrogens (tertiary/aromatic N) is 1. The van der Waals surface area contributed by atoms with Gasteiger partial charge in [-0.2, -0.15) is 0 Å². The van der Waals surface area contributed by atoms with Gasteiger partial charge in [-0.05, 0) is 26.2 Å². The van der Waals surface area contributed by atoms with Gasteiger partial charge >= 0.3 is 0 Å². The molecule has 1 amide bonds. The van der Waals surface area contributed by atoms with Gasteiger partial charge in [0.25, 0.3) is 0 Å². The van der Waals surface area contributed by atoms with Gasteiger partial charge in [0.05, 0.1) is 12.1 Å². The van der Waals surface area contributed by atoms with E-state index in [0.717, 1.165) is 19.5 Å². The molecule has 4 nitrogen and oxygen atoms in total. The highest BCUT2D eigenvalue weighted by Gasteiger charge is 2.29. The van der Waals surface area contributed by atoms with E-state index in [1.165, 1.54) is 0 Å². The molecule has 88 valence electrons. The number of likely N-dealkylation sites (N-methyl/N-ethyl adjacent to an activating group) is 1. The number of aliphatic hydroxyl groups is 1. The molecule has 0 aromatic rings. The van der Waals surface area contributed by atoms with Gasteiger partial charge in [-0.15, -0.1) is 0 Å². The summed E-state index contributed by atoms with van der Waals surface area (Å²) in [4.78, 5) is 13.8. The van der Waals surface area contributed by atoms with Crippen LogP contribution in [-0.2, 0) is 4.79 Å². The van der Waals surface area contributed by atoms with E-state index in [1.807, 2.05) is 20.8 Å². The second-order valence-electron chi connectivity index (χ2n) is 4.40. The fraction of sp³-hybridized carbons (Fsp3) is 0.909. The number of aliphatic hydroxyl groups excluding tert-OH is 1. The standard InChI is InChI=1S/C11H22N2O2/c1-4-12-11(15)9(3)13-6-5-10(14)8(2)7-13/h8-10,14H,4-7H2,1-3H3,(H,12,15). The number of carbonyl (C=O) groups is 1. The maximum atomic E-state index is 11.6. The zero-order valence-corrected chi connectivity index (χ0v) is 9.86. The summed E-state index contributed by atoms with van der Waals surface area (Å²) in [6.07, 6.45) is 0.563. The highest BCUT2D eigenvalue weighted by atomic mass is 16.3. The SMILES string of the molecule is CCNC(=O)C(C)N1CCC(O)C(C)C1. The lowest BCUT2D eigenvalue weighted by molar-refractivity contribution is -0.127. The average molecular weight is 214 g/mol. The Hall–Kier alpha value is -0.610. The number of hydrogen-bond acceptors (Lipinski definition) is 3. The van der Waals surface area contributed by atoms with Crippen molar-refractivity contribution < 1.29 is 9.90 Å². The van der Waals surface area contributed by atoms with Crippen molar-refractivity contribution in [1.82, 2.24) is 10.2 Å². The van der Waals surface area contributed by atoms with Crippen molar-refractivity contribution in [2.45, 2.75) is 39.3 Å². The summed E-state index contributed by atoms with van der Waals surface area (Å²) >= 11 is 0. The number of rotatable bonds is 3. The minimum Gasteiger partial charge on any atom is -0.393 e. The number of nitrogens with one attached hydrogen (secondary N) is 1. The second kappa shape index (κ2) is 5.47. The van der Waals surface area contributed by atoms with Gasteiger partial charge in [0.2, 0.25) is 5.91 Å². The molecule has 0 aromatic heterocycles. The van der Waals surface area contributed by atoms with E-state index in [2.05, 4.69) is 10.2 Å². The van der Waals surface area contributed by atoms with Crippen LogP contribution in [0, 0.1) is 5.92 Å². The molecule has 4 heteroatoms. The molecule has 0 radical (unpaired) electrons. The van der Waals surface area contributed by atoms with Crippen molar-refractivity contribution in [1.29, 1.82) is 0 Å². The second-order valence-corrected chi connectivity index (χ2v) is 4.40. The summed E-state index contributed by atoms with van der Waals surface area (Å²) in [6, 6.07) is -0.0834. The normalized spacial score (nSPS) is 29.9. The summed E-state index contributed by atoms with van der Waals surface area (Å²) in [5.41, 5.74) is 0. The molecule has 1 aliphatic rings.